The maximum atomic E-state index is 5.19. The third-order valence-electron chi connectivity index (χ3n) is 4.21. The molecule has 0 spiro atoms. The van der Waals surface area contributed by atoms with Crippen LogP contribution in [0.3, 0.4) is 0 Å². The SMILES string of the molecule is COc1ccc(C2CC(NCCCc3ncn[nH]3)C2)cc1. The third-order valence-corrected chi connectivity index (χ3v) is 4.21. The van der Waals surface area contributed by atoms with Crippen LogP contribution in [0.15, 0.2) is 30.6 Å². The minimum atomic E-state index is 0.659. The fraction of sp³-hybridized carbons (Fsp3) is 0.500. The smallest absolute Gasteiger partial charge is 0.137 e. The maximum Gasteiger partial charge on any atom is 0.137 e. The molecule has 1 aliphatic carbocycles. The molecule has 1 aliphatic rings. The van der Waals surface area contributed by atoms with Crippen LogP contribution in [0.4, 0.5) is 0 Å². The number of benzene rings is 1. The van der Waals surface area contributed by atoms with E-state index in [1.54, 1.807) is 13.4 Å². The van der Waals surface area contributed by atoms with Crippen molar-refractivity contribution in [3.8, 4) is 5.75 Å². The number of hydrogen-bond acceptors (Lipinski definition) is 4. The van der Waals surface area contributed by atoms with Crippen LogP contribution >= 0.6 is 0 Å². The van der Waals surface area contributed by atoms with Gasteiger partial charge < -0.3 is 10.1 Å². The zero-order valence-electron chi connectivity index (χ0n) is 12.4. The molecule has 1 aromatic heterocycles. The first kappa shape index (κ1) is 14.1. The number of H-pyrrole nitrogens is 1. The van der Waals surface area contributed by atoms with E-state index in [2.05, 4.69) is 32.6 Å². The Kier molecular flexibility index (Phi) is 4.50. The number of hydrogen-bond donors (Lipinski definition) is 2. The van der Waals surface area contributed by atoms with E-state index in [0.717, 1.165) is 31.0 Å². The summed E-state index contributed by atoms with van der Waals surface area (Å²) >= 11 is 0. The third kappa shape index (κ3) is 3.61. The monoisotopic (exact) mass is 286 g/mol. The molecule has 0 bridgehead atoms. The topological polar surface area (TPSA) is 62.8 Å². The van der Waals surface area contributed by atoms with Gasteiger partial charge in [-0.1, -0.05) is 12.1 Å². The van der Waals surface area contributed by atoms with E-state index in [-0.39, 0.29) is 0 Å². The van der Waals surface area contributed by atoms with Gasteiger partial charge in [0.15, 0.2) is 0 Å². The highest BCUT2D eigenvalue weighted by molar-refractivity contribution is 5.30. The van der Waals surface area contributed by atoms with Crippen LogP contribution < -0.4 is 10.1 Å². The number of aromatic nitrogens is 3. The zero-order chi connectivity index (χ0) is 14.5. The largest absolute Gasteiger partial charge is 0.497 e. The lowest BCUT2D eigenvalue weighted by Gasteiger charge is -2.36. The first-order chi connectivity index (χ1) is 10.3. The van der Waals surface area contributed by atoms with Gasteiger partial charge in [-0.2, -0.15) is 5.10 Å². The van der Waals surface area contributed by atoms with Gasteiger partial charge in [0.1, 0.15) is 17.9 Å². The maximum absolute atomic E-state index is 5.19. The molecule has 5 heteroatoms. The molecule has 0 saturated heterocycles. The lowest BCUT2D eigenvalue weighted by atomic mass is 9.76. The van der Waals surface area contributed by atoms with Crippen molar-refractivity contribution < 1.29 is 4.74 Å². The Labute approximate surface area is 125 Å². The second kappa shape index (κ2) is 6.72. The predicted molar refractivity (Wildman–Crippen MR) is 81.5 cm³/mol. The Morgan fingerprint density at radius 3 is 2.76 bits per heavy atom. The summed E-state index contributed by atoms with van der Waals surface area (Å²) in [6, 6.07) is 9.13. The summed E-state index contributed by atoms with van der Waals surface area (Å²) in [7, 11) is 1.71. The van der Waals surface area contributed by atoms with Gasteiger partial charge in [-0.05, 0) is 49.4 Å². The Bertz CT molecular complexity index is 532. The molecule has 0 atom stereocenters. The van der Waals surface area contributed by atoms with Crippen molar-refractivity contribution in [3.05, 3.63) is 42.0 Å². The van der Waals surface area contributed by atoms with Crippen molar-refractivity contribution in [1.82, 2.24) is 20.5 Å². The van der Waals surface area contributed by atoms with Gasteiger partial charge in [0.05, 0.1) is 7.11 Å². The van der Waals surface area contributed by atoms with Crippen molar-refractivity contribution in [2.45, 2.75) is 37.6 Å². The van der Waals surface area contributed by atoms with Gasteiger partial charge in [-0.3, -0.25) is 5.10 Å². The Hall–Kier alpha value is -1.88. The molecule has 0 unspecified atom stereocenters. The quantitative estimate of drug-likeness (QED) is 0.767. The number of nitrogens with zero attached hydrogens (tertiary/aromatic N) is 2. The van der Waals surface area contributed by atoms with Gasteiger partial charge in [0.25, 0.3) is 0 Å². The van der Waals surface area contributed by atoms with Crippen molar-refractivity contribution in [2.24, 2.45) is 0 Å². The zero-order valence-corrected chi connectivity index (χ0v) is 12.4. The Morgan fingerprint density at radius 2 is 2.10 bits per heavy atom. The molecule has 0 amide bonds. The summed E-state index contributed by atoms with van der Waals surface area (Å²) in [4.78, 5) is 4.13. The molecule has 0 radical (unpaired) electrons. The van der Waals surface area contributed by atoms with Crippen LogP contribution in [0.25, 0.3) is 0 Å². The van der Waals surface area contributed by atoms with E-state index in [0.29, 0.717) is 12.0 Å². The van der Waals surface area contributed by atoms with Crippen LogP contribution in [0.1, 0.15) is 36.6 Å². The lowest BCUT2D eigenvalue weighted by molar-refractivity contribution is 0.290. The number of methoxy groups -OCH3 is 1. The number of aromatic amines is 1. The van der Waals surface area contributed by atoms with E-state index < -0.39 is 0 Å². The van der Waals surface area contributed by atoms with Crippen molar-refractivity contribution in [2.75, 3.05) is 13.7 Å². The average Bonchev–Trinajstić information content (AvgIpc) is 2.99. The van der Waals surface area contributed by atoms with Gasteiger partial charge in [0, 0.05) is 12.5 Å². The van der Waals surface area contributed by atoms with E-state index in [1.807, 2.05) is 12.1 Å². The van der Waals surface area contributed by atoms with Gasteiger partial charge in [0.2, 0.25) is 0 Å². The van der Waals surface area contributed by atoms with E-state index >= 15 is 0 Å². The molecule has 21 heavy (non-hydrogen) atoms. The highest BCUT2D eigenvalue weighted by Crippen LogP contribution is 2.37. The fourth-order valence-corrected chi connectivity index (χ4v) is 2.85. The molecule has 1 saturated carbocycles. The second-order valence-corrected chi connectivity index (χ2v) is 5.63. The van der Waals surface area contributed by atoms with Gasteiger partial charge in [-0.15, -0.1) is 0 Å². The molecule has 1 aromatic carbocycles. The van der Waals surface area contributed by atoms with Gasteiger partial charge >= 0.3 is 0 Å². The molecule has 3 rings (SSSR count). The van der Waals surface area contributed by atoms with Crippen molar-refractivity contribution in [1.29, 1.82) is 0 Å². The summed E-state index contributed by atoms with van der Waals surface area (Å²) in [5.41, 5.74) is 1.43. The fourth-order valence-electron chi connectivity index (χ4n) is 2.85. The number of aryl methyl sites for hydroxylation is 1. The Morgan fingerprint density at radius 1 is 1.29 bits per heavy atom. The first-order valence-electron chi connectivity index (χ1n) is 7.56. The molecule has 0 aliphatic heterocycles. The summed E-state index contributed by atoms with van der Waals surface area (Å²) in [5.74, 6) is 2.60. The minimum absolute atomic E-state index is 0.659. The van der Waals surface area contributed by atoms with Crippen LogP contribution in [-0.2, 0) is 6.42 Å². The summed E-state index contributed by atoms with van der Waals surface area (Å²) < 4.78 is 5.19. The highest BCUT2D eigenvalue weighted by Gasteiger charge is 2.29. The highest BCUT2D eigenvalue weighted by atomic mass is 16.5. The number of ether oxygens (including phenoxy) is 1. The lowest BCUT2D eigenvalue weighted by Crippen LogP contribution is -2.40. The normalized spacial score (nSPS) is 21.0. The molecule has 1 fully saturated rings. The van der Waals surface area contributed by atoms with E-state index in [1.165, 1.54) is 18.4 Å². The molecule has 2 N–H and O–H groups in total. The van der Waals surface area contributed by atoms with Crippen LogP contribution in [0, 0.1) is 0 Å². The minimum Gasteiger partial charge on any atom is -0.497 e. The molecule has 112 valence electrons. The van der Waals surface area contributed by atoms with Crippen LogP contribution in [0.5, 0.6) is 5.75 Å². The Balaban J connectivity index is 1.33. The van der Waals surface area contributed by atoms with Crippen LogP contribution in [0.2, 0.25) is 0 Å². The number of rotatable bonds is 7. The second-order valence-electron chi connectivity index (χ2n) is 5.63. The van der Waals surface area contributed by atoms with Crippen LogP contribution in [-0.4, -0.2) is 34.9 Å². The summed E-state index contributed by atoms with van der Waals surface area (Å²) in [6.07, 6.45) is 6.08. The van der Waals surface area contributed by atoms with Crippen molar-refractivity contribution >= 4 is 0 Å². The van der Waals surface area contributed by atoms with Crippen molar-refractivity contribution in [3.63, 3.8) is 0 Å². The van der Waals surface area contributed by atoms with Gasteiger partial charge in [-0.25, -0.2) is 4.98 Å². The number of nitrogens with one attached hydrogen (secondary N) is 2. The first-order valence-corrected chi connectivity index (χ1v) is 7.56. The summed E-state index contributed by atoms with van der Waals surface area (Å²) in [6.45, 7) is 1.04. The molecular formula is C16H22N4O. The molecule has 1 heterocycles. The standard InChI is InChI=1S/C16H22N4O/c1-21-15-6-4-12(5-7-15)13-9-14(10-13)17-8-2-3-16-18-11-19-20-16/h4-7,11,13-14,17H,2-3,8-10H2,1H3,(H,18,19,20). The average molecular weight is 286 g/mol. The predicted octanol–water partition coefficient (Wildman–Crippen LogP) is 2.28. The molecule has 2 aromatic rings. The van der Waals surface area contributed by atoms with E-state index in [9.17, 15) is 0 Å². The molecular weight excluding hydrogens is 264 g/mol. The molecule has 5 nitrogen and oxygen atoms in total. The van der Waals surface area contributed by atoms with E-state index in [4.69, 9.17) is 4.74 Å². The summed E-state index contributed by atoms with van der Waals surface area (Å²) in [5, 5.41) is 10.4.